The monoisotopic (exact) mass is 509 g/mol. The Bertz CT molecular complexity index is 1250. The maximum atomic E-state index is 9.55. The van der Waals surface area contributed by atoms with Crippen LogP contribution >= 0.6 is 0 Å². The van der Waals surface area contributed by atoms with Crippen molar-refractivity contribution in [3.05, 3.63) is 60.4 Å². The van der Waals surface area contributed by atoms with Crippen molar-refractivity contribution in [3.63, 3.8) is 0 Å². The Labute approximate surface area is 213 Å². The third-order valence-corrected chi connectivity index (χ3v) is 4.45. The van der Waals surface area contributed by atoms with E-state index >= 15 is 0 Å². The molecular weight excluding hydrogens is 482 g/mol. The molecule has 194 valence electrons. The lowest BCUT2D eigenvalue weighted by molar-refractivity contribution is -0.134. The van der Waals surface area contributed by atoms with E-state index in [9.17, 15) is 9.59 Å². The topological polar surface area (TPSA) is 149 Å². The first-order valence-electron chi connectivity index (χ1n) is 10.9. The number of aliphatic carboxylic acids is 2. The van der Waals surface area contributed by atoms with Gasteiger partial charge in [-0.05, 0) is 24.3 Å². The summed E-state index contributed by atoms with van der Waals surface area (Å²) in [6.07, 6.45) is 8.11. The van der Waals surface area contributed by atoms with E-state index in [-0.39, 0.29) is 0 Å². The number of nitrogens with zero attached hydrogens (tertiary/aromatic N) is 2. The lowest BCUT2D eigenvalue weighted by atomic mass is 10.2. The number of rotatable bonds is 12. The molecule has 1 heterocycles. The van der Waals surface area contributed by atoms with Crippen molar-refractivity contribution in [2.24, 2.45) is 0 Å². The number of ether oxygens (including phenoxy) is 4. The van der Waals surface area contributed by atoms with E-state index in [2.05, 4.69) is 21.2 Å². The highest BCUT2D eigenvalue weighted by molar-refractivity contribution is 5.93. The van der Waals surface area contributed by atoms with E-state index in [0.29, 0.717) is 55.9 Å². The molecule has 11 heteroatoms. The summed E-state index contributed by atoms with van der Waals surface area (Å²) in [6, 6.07) is 11.3. The van der Waals surface area contributed by atoms with E-state index in [0.717, 1.165) is 22.2 Å². The van der Waals surface area contributed by atoms with Crippen LogP contribution in [0.25, 0.3) is 10.9 Å². The fourth-order valence-corrected chi connectivity index (χ4v) is 2.83. The molecule has 0 bridgehead atoms. The Balaban J connectivity index is 0.000000521. The summed E-state index contributed by atoms with van der Waals surface area (Å²) in [5.41, 5.74) is 2.34. The number of carboxylic acids is 2. The number of carbonyl (C=O) groups is 2. The Morgan fingerprint density at radius 2 is 1.57 bits per heavy atom. The largest absolute Gasteiger partial charge is 0.487 e. The number of terminal acetylenes is 1. The molecular formula is C26H27N3O8. The maximum Gasteiger partial charge on any atom is 0.328 e. The lowest BCUT2D eigenvalue weighted by Gasteiger charge is -2.15. The summed E-state index contributed by atoms with van der Waals surface area (Å²) < 4.78 is 21.8. The van der Waals surface area contributed by atoms with Gasteiger partial charge in [-0.3, -0.25) is 0 Å². The van der Waals surface area contributed by atoms with Crippen LogP contribution in [0.5, 0.6) is 11.5 Å². The maximum absolute atomic E-state index is 9.55. The molecule has 0 amide bonds. The summed E-state index contributed by atoms with van der Waals surface area (Å²) in [5.74, 6) is 1.93. The highest BCUT2D eigenvalue weighted by atomic mass is 16.5. The zero-order chi connectivity index (χ0) is 27.0. The minimum atomic E-state index is -1.26. The van der Waals surface area contributed by atoms with Gasteiger partial charge < -0.3 is 34.5 Å². The molecule has 0 aliphatic carbocycles. The van der Waals surface area contributed by atoms with Crippen LogP contribution in [0.3, 0.4) is 0 Å². The molecule has 0 spiro atoms. The van der Waals surface area contributed by atoms with Crippen LogP contribution in [0.1, 0.15) is 5.56 Å². The summed E-state index contributed by atoms with van der Waals surface area (Å²) >= 11 is 0. The van der Waals surface area contributed by atoms with Crippen molar-refractivity contribution >= 4 is 34.3 Å². The average molecular weight is 510 g/mol. The third-order valence-electron chi connectivity index (χ3n) is 4.45. The van der Waals surface area contributed by atoms with Crippen molar-refractivity contribution < 1.29 is 38.7 Å². The van der Waals surface area contributed by atoms with Gasteiger partial charge in [-0.1, -0.05) is 12.0 Å². The Kier molecular flexibility index (Phi) is 11.9. The predicted molar refractivity (Wildman–Crippen MR) is 136 cm³/mol. The van der Waals surface area contributed by atoms with Gasteiger partial charge in [0.05, 0.1) is 18.7 Å². The fourth-order valence-electron chi connectivity index (χ4n) is 2.83. The zero-order valence-corrected chi connectivity index (χ0v) is 20.3. The number of hydrogen-bond acceptors (Lipinski definition) is 9. The Hall–Kier alpha value is -4.66. The van der Waals surface area contributed by atoms with Crippen molar-refractivity contribution in [2.75, 3.05) is 46.0 Å². The number of benzene rings is 2. The Morgan fingerprint density at radius 1 is 0.946 bits per heavy atom. The first kappa shape index (κ1) is 28.6. The number of fused-ring (bicyclic) bond motifs is 1. The van der Waals surface area contributed by atoms with Crippen molar-refractivity contribution in [3.8, 4) is 23.8 Å². The van der Waals surface area contributed by atoms with Gasteiger partial charge in [-0.15, -0.1) is 6.42 Å². The number of methoxy groups -OCH3 is 2. The molecule has 0 radical (unpaired) electrons. The van der Waals surface area contributed by atoms with E-state index in [1.54, 1.807) is 14.2 Å². The molecule has 3 aromatic rings. The van der Waals surface area contributed by atoms with Gasteiger partial charge in [0, 0.05) is 49.1 Å². The second-order valence-corrected chi connectivity index (χ2v) is 7.08. The minimum Gasteiger partial charge on any atom is -0.487 e. The molecule has 0 saturated carbocycles. The molecule has 0 aliphatic rings. The summed E-state index contributed by atoms with van der Waals surface area (Å²) in [5, 5.41) is 19.7. The van der Waals surface area contributed by atoms with Gasteiger partial charge >= 0.3 is 11.9 Å². The molecule has 0 atom stereocenters. The molecule has 3 N–H and O–H groups in total. The number of hydrogen-bond donors (Lipinski definition) is 3. The van der Waals surface area contributed by atoms with Gasteiger partial charge in [-0.2, -0.15) is 0 Å². The summed E-state index contributed by atoms with van der Waals surface area (Å²) in [6.45, 7) is 1.73. The van der Waals surface area contributed by atoms with E-state index < -0.39 is 11.9 Å². The van der Waals surface area contributed by atoms with Crippen molar-refractivity contribution in [1.82, 2.24) is 9.97 Å². The standard InChI is InChI=1S/C22H23N3O4.C4H4O4/c1-4-16-6-5-7-17(12-16)25-22-18-13-20(28-10-8-26-2)21(29-11-9-27-3)14-19(18)23-15-24-22;5-3(6)1-2-4(7)8/h1,5-7,12-15H,8-11H2,2-3H3,(H,23,24,25);1-2H,(H,5,6)(H,7,8)/b;2-1-. The average Bonchev–Trinajstić information content (AvgIpc) is 2.88. The molecule has 1 aromatic heterocycles. The smallest absolute Gasteiger partial charge is 0.328 e. The first-order valence-corrected chi connectivity index (χ1v) is 10.9. The van der Waals surface area contributed by atoms with Crippen molar-refractivity contribution in [2.45, 2.75) is 0 Å². The van der Waals surface area contributed by atoms with Crippen LogP contribution in [0.4, 0.5) is 11.5 Å². The molecule has 11 nitrogen and oxygen atoms in total. The predicted octanol–water partition coefficient (Wildman–Crippen LogP) is 3.12. The van der Waals surface area contributed by atoms with Gasteiger partial charge in [0.25, 0.3) is 0 Å². The molecule has 0 saturated heterocycles. The van der Waals surface area contributed by atoms with Gasteiger partial charge in [0.15, 0.2) is 11.5 Å². The van der Waals surface area contributed by atoms with Crippen molar-refractivity contribution in [1.29, 1.82) is 0 Å². The molecule has 2 aromatic carbocycles. The van der Waals surface area contributed by atoms with Crippen LogP contribution in [-0.4, -0.2) is 72.8 Å². The SMILES string of the molecule is C#Cc1cccc(Nc2ncnc3cc(OCCOC)c(OCCOC)cc23)c1.O=C(O)/C=C\C(=O)O. The number of nitrogens with one attached hydrogen (secondary N) is 1. The van der Waals surface area contributed by atoms with Gasteiger partial charge in [0.1, 0.15) is 25.4 Å². The summed E-state index contributed by atoms with van der Waals surface area (Å²) in [4.78, 5) is 27.9. The van der Waals surface area contributed by atoms with Crippen LogP contribution in [0.15, 0.2) is 54.9 Å². The molecule has 0 fully saturated rings. The van der Waals surface area contributed by atoms with Gasteiger partial charge in [-0.25, -0.2) is 19.6 Å². The lowest BCUT2D eigenvalue weighted by Crippen LogP contribution is -2.09. The minimum absolute atomic E-state index is 0.392. The van der Waals surface area contributed by atoms with Crippen LogP contribution in [0, 0.1) is 12.3 Å². The van der Waals surface area contributed by atoms with E-state index in [1.807, 2.05) is 36.4 Å². The van der Waals surface area contributed by atoms with Crippen LogP contribution < -0.4 is 14.8 Å². The van der Waals surface area contributed by atoms with Crippen LogP contribution in [-0.2, 0) is 19.1 Å². The molecule has 0 unspecified atom stereocenters. The van der Waals surface area contributed by atoms with Gasteiger partial charge in [0.2, 0.25) is 0 Å². The van der Waals surface area contributed by atoms with Crippen LogP contribution in [0.2, 0.25) is 0 Å². The normalized spacial score (nSPS) is 10.3. The first-order chi connectivity index (χ1) is 17.9. The Morgan fingerprint density at radius 3 is 2.14 bits per heavy atom. The molecule has 0 aliphatic heterocycles. The highest BCUT2D eigenvalue weighted by Crippen LogP contribution is 2.35. The molecule has 3 rings (SSSR count). The highest BCUT2D eigenvalue weighted by Gasteiger charge is 2.13. The fraction of sp³-hybridized carbons (Fsp3) is 0.231. The zero-order valence-electron chi connectivity index (χ0n) is 20.3. The number of anilines is 2. The van der Waals surface area contributed by atoms with E-state index in [4.69, 9.17) is 35.6 Å². The summed E-state index contributed by atoms with van der Waals surface area (Å²) in [7, 11) is 3.25. The quantitative estimate of drug-likeness (QED) is 0.188. The number of aromatic nitrogens is 2. The molecule has 37 heavy (non-hydrogen) atoms. The van der Waals surface area contributed by atoms with E-state index in [1.165, 1.54) is 6.33 Å². The second-order valence-electron chi connectivity index (χ2n) is 7.08. The third kappa shape index (κ3) is 9.85. The number of carboxylic acid groups (broad SMARTS) is 2. The second kappa shape index (κ2) is 15.4.